The third-order valence-electron chi connectivity index (χ3n) is 7.93. The lowest BCUT2D eigenvalue weighted by Crippen LogP contribution is -2.52. The predicted octanol–water partition coefficient (Wildman–Crippen LogP) is 2.89. The molecule has 2 unspecified atom stereocenters. The molecule has 0 saturated carbocycles. The lowest BCUT2D eigenvalue weighted by molar-refractivity contribution is -0.136. The second-order valence-electron chi connectivity index (χ2n) is 10.4. The molecule has 2 fully saturated rings. The number of hydrogen-bond acceptors (Lipinski definition) is 6. The number of halogens is 1. The van der Waals surface area contributed by atoms with Gasteiger partial charge in [-0.3, -0.25) is 34.5 Å². The Balaban J connectivity index is 1.13. The van der Waals surface area contributed by atoms with E-state index < -0.39 is 23.7 Å². The van der Waals surface area contributed by atoms with Crippen molar-refractivity contribution in [2.24, 2.45) is 0 Å². The number of piperazine rings is 1. The van der Waals surface area contributed by atoms with Gasteiger partial charge in [-0.2, -0.15) is 0 Å². The van der Waals surface area contributed by atoms with Crippen LogP contribution in [0.1, 0.15) is 51.5 Å². The van der Waals surface area contributed by atoms with Gasteiger partial charge in [0.05, 0.1) is 11.6 Å². The first-order valence-electron chi connectivity index (χ1n) is 13.3. The fourth-order valence-corrected chi connectivity index (χ4v) is 6.04. The number of carbonyl (C=O) groups excluding carboxylic acids is 3. The molecule has 0 spiro atoms. The van der Waals surface area contributed by atoms with Crippen LogP contribution >= 0.6 is 0 Å². The van der Waals surface area contributed by atoms with Gasteiger partial charge >= 0.3 is 0 Å². The Kier molecular flexibility index (Phi) is 6.93. The van der Waals surface area contributed by atoms with Crippen LogP contribution in [0.2, 0.25) is 0 Å². The van der Waals surface area contributed by atoms with E-state index in [-0.39, 0.29) is 36.9 Å². The molecule has 39 heavy (non-hydrogen) atoms. The number of nitrogens with zero attached hydrogens (tertiary/aromatic N) is 4. The van der Waals surface area contributed by atoms with Crippen molar-refractivity contribution in [1.82, 2.24) is 25.0 Å². The summed E-state index contributed by atoms with van der Waals surface area (Å²) in [4.78, 5) is 47.3. The van der Waals surface area contributed by atoms with Crippen LogP contribution in [0.4, 0.5) is 4.39 Å². The van der Waals surface area contributed by atoms with Gasteiger partial charge in [0.15, 0.2) is 0 Å². The van der Waals surface area contributed by atoms with Crippen LogP contribution in [-0.2, 0) is 22.7 Å². The van der Waals surface area contributed by atoms with Gasteiger partial charge in [-0.1, -0.05) is 42.5 Å². The highest BCUT2D eigenvalue weighted by Gasteiger charge is 2.40. The van der Waals surface area contributed by atoms with Gasteiger partial charge < -0.3 is 4.90 Å². The van der Waals surface area contributed by atoms with Gasteiger partial charge in [-0.25, -0.2) is 4.39 Å². The van der Waals surface area contributed by atoms with Crippen molar-refractivity contribution >= 4 is 17.7 Å². The van der Waals surface area contributed by atoms with E-state index in [0.717, 1.165) is 37.3 Å². The zero-order valence-corrected chi connectivity index (χ0v) is 21.6. The highest BCUT2D eigenvalue weighted by atomic mass is 19.1. The second-order valence-corrected chi connectivity index (χ2v) is 10.4. The van der Waals surface area contributed by atoms with E-state index >= 15 is 4.39 Å². The highest BCUT2D eigenvalue weighted by molar-refractivity contribution is 6.05. The fourth-order valence-electron chi connectivity index (χ4n) is 6.04. The quantitative estimate of drug-likeness (QED) is 0.497. The van der Waals surface area contributed by atoms with Gasteiger partial charge in [0.1, 0.15) is 11.9 Å². The van der Waals surface area contributed by atoms with Crippen molar-refractivity contribution in [2.75, 3.05) is 26.2 Å². The highest BCUT2D eigenvalue weighted by Crippen LogP contribution is 2.32. The number of fused-ring (bicyclic) bond motifs is 1. The Morgan fingerprint density at radius 2 is 1.74 bits per heavy atom. The Morgan fingerprint density at radius 3 is 2.46 bits per heavy atom. The monoisotopic (exact) mass is 527 g/mol. The van der Waals surface area contributed by atoms with Crippen molar-refractivity contribution in [2.45, 2.75) is 38.0 Å². The fraction of sp³-hybridized carbons (Fsp3) is 0.333. The van der Waals surface area contributed by atoms with Crippen molar-refractivity contribution in [3.05, 3.63) is 101 Å². The summed E-state index contributed by atoms with van der Waals surface area (Å²) >= 11 is 0. The summed E-state index contributed by atoms with van der Waals surface area (Å²) in [6, 6.07) is 17.2. The van der Waals surface area contributed by atoms with Gasteiger partial charge in [-0.15, -0.1) is 0 Å². The Hall–Kier alpha value is -3.95. The molecule has 0 bridgehead atoms. The molecular weight excluding hydrogens is 497 g/mol. The summed E-state index contributed by atoms with van der Waals surface area (Å²) in [5.41, 5.74) is 3.83. The Bertz CT molecular complexity index is 1350. The molecule has 2 saturated heterocycles. The molecule has 9 heteroatoms. The van der Waals surface area contributed by atoms with Crippen LogP contribution in [0.25, 0.3) is 0 Å². The van der Waals surface area contributed by atoms with E-state index in [2.05, 4.69) is 50.4 Å². The number of piperidine rings is 1. The molecule has 2 aromatic carbocycles. The lowest BCUT2D eigenvalue weighted by atomic mass is 9.97. The number of nitrogens with one attached hydrogen (secondary N) is 1. The second kappa shape index (κ2) is 10.7. The smallest absolute Gasteiger partial charge is 0.258 e. The molecule has 2 atom stereocenters. The van der Waals surface area contributed by atoms with Crippen molar-refractivity contribution in [1.29, 1.82) is 0 Å². The van der Waals surface area contributed by atoms with Crippen LogP contribution in [0.5, 0.6) is 0 Å². The standard InChI is InChI=1S/C30H30FN5O3/c31-24-16-20(15-23-19-36(30(39)27(23)24)25-8-9-26(37)33-29(25)38)18-34-11-13-35(14-12-34)28(21-5-2-1-3-6-21)22-7-4-10-32-17-22/h1-7,10,15-17,25,28H,8-9,11-14,18-19H2,(H,33,37,38). The van der Waals surface area contributed by atoms with E-state index in [4.69, 9.17) is 0 Å². The van der Waals surface area contributed by atoms with Crippen LogP contribution in [0.3, 0.4) is 0 Å². The molecule has 0 radical (unpaired) electrons. The number of imide groups is 1. The number of amides is 3. The van der Waals surface area contributed by atoms with Gasteiger partial charge in [0.2, 0.25) is 11.8 Å². The number of pyridine rings is 1. The molecular formula is C30H30FN5O3. The molecule has 3 amide bonds. The molecule has 3 aliphatic rings. The van der Waals surface area contributed by atoms with Crippen LogP contribution in [-0.4, -0.2) is 69.6 Å². The van der Waals surface area contributed by atoms with Gasteiger partial charge in [0, 0.05) is 58.1 Å². The van der Waals surface area contributed by atoms with Crippen LogP contribution in [0, 0.1) is 5.82 Å². The minimum absolute atomic E-state index is 0.0374. The topological polar surface area (TPSA) is 85.9 Å². The predicted molar refractivity (Wildman–Crippen MR) is 142 cm³/mol. The first-order chi connectivity index (χ1) is 19.0. The average Bonchev–Trinajstić information content (AvgIpc) is 3.27. The van der Waals surface area contributed by atoms with Crippen molar-refractivity contribution in [3.8, 4) is 0 Å². The van der Waals surface area contributed by atoms with E-state index in [0.29, 0.717) is 12.1 Å². The largest absolute Gasteiger partial charge is 0.322 e. The molecule has 200 valence electrons. The van der Waals surface area contributed by atoms with E-state index in [1.165, 1.54) is 16.5 Å². The SMILES string of the molecule is O=C1CCC(N2Cc3cc(CN4CCN(C(c5ccccc5)c5cccnc5)CC4)cc(F)c3C2=O)C(=O)N1. The number of carbonyl (C=O) groups is 3. The number of rotatable bonds is 6. The first-order valence-corrected chi connectivity index (χ1v) is 13.3. The third-order valence-corrected chi connectivity index (χ3v) is 7.93. The maximum Gasteiger partial charge on any atom is 0.258 e. The molecule has 1 N–H and O–H groups in total. The summed E-state index contributed by atoms with van der Waals surface area (Å²) in [6.07, 6.45) is 4.14. The molecule has 8 nitrogen and oxygen atoms in total. The van der Waals surface area contributed by atoms with E-state index in [1.54, 1.807) is 6.20 Å². The maximum absolute atomic E-state index is 15.2. The molecule has 6 rings (SSSR count). The summed E-state index contributed by atoms with van der Waals surface area (Å²) in [6.45, 7) is 4.09. The molecule has 1 aromatic heterocycles. The Labute approximate surface area is 226 Å². The minimum Gasteiger partial charge on any atom is -0.322 e. The number of hydrogen-bond donors (Lipinski definition) is 1. The molecule has 0 aliphatic carbocycles. The number of aromatic nitrogens is 1. The zero-order valence-electron chi connectivity index (χ0n) is 21.6. The normalized spacial score (nSPS) is 21.1. The van der Waals surface area contributed by atoms with E-state index in [9.17, 15) is 14.4 Å². The lowest BCUT2D eigenvalue weighted by Gasteiger charge is -2.39. The summed E-state index contributed by atoms with van der Waals surface area (Å²) in [5.74, 6) is -1.88. The summed E-state index contributed by atoms with van der Waals surface area (Å²) in [5, 5.41) is 2.29. The van der Waals surface area contributed by atoms with Crippen molar-refractivity contribution < 1.29 is 18.8 Å². The molecule has 3 aliphatic heterocycles. The molecule has 4 heterocycles. The minimum atomic E-state index is -0.754. The average molecular weight is 528 g/mol. The number of benzene rings is 2. The third kappa shape index (κ3) is 5.07. The van der Waals surface area contributed by atoms with Crippen LogP contribution in [0.15, 0.2) is 67.0 Å². The van der Waals surface area contributed by atoms with Gasteiger partial charge in [0.25, 0.3) is 5.91 Å². The Morgan fingerprint density at radius 1 is 0.974 bits per heavy atom. The summed E-state index contributed by atoms with van der Waals surface area (Å²) in [7, 11) is 0. The first kappa shape index (κ1) is 25.3. The van der Waals surface area contributed by atoms with Crippen molar-refractivity contribution in [3.63, 3.8) is 0 Å². The maximum atomic E-state index is 15.2. The van der Waals surface area contributed by atoms with E-state index in [1.807, 2.05) is 24.4 Å². The molecule has 3 aromatic rings. The van der Waals surface area contributed by atoms with Crippen LogP contribution < -0.4 is 5.32 Å². The zero-order chi connectivity index (χ0) is 26.9. The summed E-state index contributed by atoms with van der Waals surface area (Å²) < 4.78 is 15.2. The van der Waals surface area contributed by atoms with Gasteiger partial charge in [-0.05, 0) is 40.8 Å².